The summed E-state index contributed by atoms with van der Waals surface area (Å²) in [6, 6.07) is 4.53. The Bertz CT molecular complexity index is 310. The number of ether oxygens (including phenoxy) is 1. The van der Waals surface area contributed by atoms with E-state index in [1.807, 2.05) is 12.1 Å². The lowest BCUT2D eigenvalue weighted by Crippen LogP contribution is -2.40. The van der Waals surface area contributed by atoms with Crippen LogP contribution in [0, 0.1) is 0 Å². The largest absolute Gasteiger partial charge is 0.441 e. The number of pyridine rings is 1. The molecule has 0 amide bonds. The molecule has 0 unspecified atom stereocenters. The van der Waals surface area contributed by atoms with Gasteiger partial charge in [-0.05, 0) is 19.9 Å². The average Bonchev–Trinajstić information content (AvgIpc) is 2.17. The van der Waals surface area contributed by atoms with Gasteiger partial charge in [0.1, 0.15) is 12.3 Å². The minimum Gasteiger partial charge on any atom is -0.441 e. The maximum Gasteiger partial charge on any atom is 0.392 e. The molecule has 1 N–H and O–H groups in total. The van der Waals surface area contributed by atoms with Crippen molar-refractivity contribution in [2.24, 2.45) is 0 Å². The van der Waals surface area contributed by atoms with E-state index < -0.39 is 0 Å². The lowest BCUT2D eigenvalue weighted by atomic mass is 10.3. The second-order valence-corrected chi connectivity index (χ2v) is 3.50. The molecule has 3 heteroatoms. The van der Waals surface area contributed by atoms with Crippen LogP contribution in [0.1, 0.15) is 19.9 Å². The summed E-state index contributed by atoms with van der Waals surface area (Å²) < 4.78 is 7.76. The Labute approximate surface area is 78.3 Å². The molecule has 70 valence electrons. The van der Waals surface area contributed by atoms with Crippen molar-refractivity contribution in [2.45, 2.75) is 19.9 Å². The number of fused-ring (bicyclic) bond motifs is 1. The van der Waals surface area contributed by atoms with Crippen LogP contribution in [0.5, 0.6) is 5.88 Å². The Morgan fingerprint density at radius 1 is 1.54 bits per heavy atom. The third-order valence-corrected chi connectivity index (χ3v) is 2.19. The van der Waals surface area contributed by atoms with E-state index in [1.165, 1.54) is 0 Å². The molecule has 0 aliphatic carbocycles. The normalized spacial score (nSPS) is 14.7. The molecule has 2 heterocycles. The minimum absolute atomic E-state index is 0.440. The molecule has 1 aliphatic rings. The number of anilines is 1. The van der Waals surface area contributed by atoms with E-state index in [4.69, 9.17) is 4.74 Å². The lowest BCUT2D eigenvalue weighted by molar-refractivity contribution is -0.720. The molecule has 0 radical (unpaired) electrons. The van der Waals surface area contributed by atoms with Crippen LogP contribution in [0.2, 0.25) is 0 Å². The highest BCUT2D eigenvalue weighted by molar-refractivity contribution is 5.50. The van der Waals surface area contributed by atoms with Crippen LogP contribution in [0.3, 0.4) is 0 Å². The summed E-state index contributed by atoms with van der Waals surface area (Å²) in [4.78, 5) is 0. The van der Waals surface area contributed by atoms with Crippen molar-refractivity contribution in [3.8, 4) is 5.88 Å². The molecule has 0 spiro atoms. The summed E-state index contributed by atoms with van der Waals surface area (Å²) >= 11 is 0. The fourth-order valence-corrected chi connectivity index (χ4v) is 1.54. The number of aromatic nitrogens is 1. The van der Waals surface area contributed by atoms with Crippen molar-refractivity contribution in [3.63, 3.8) is 0 Å². The van der Waals surface area contributed by atoms with E-state index in [2.05, 4.69) is 29.9 Å². The zero-order chi connectivity index (χ0) is 9.26. The second kappa shape index (κ2) is 3.24. The Kier molecular flexibility index (Phi) is 2.08. The van der Waals surface area contributed by atoms with E-state index in [-0.39, 0.29) is 0 Å². The quantitative estimate of drug-likeness (QED) is 0.658. The van der Waals surface area contributed by atoms with E-state index in [0.717, 1.165) is 24.7 Å². The van der Waals surface area contributed by atoms with Gasteiger partial charge in [0.15, 0.2) is 12.2 Å². The lowest BCUT2D eigenvalue weighted by Gasteiger charge is -2.17. The molecule has 1 aliphatic heterocycles. The van der Waals surface area contributed by atoms with E-state index >= 15 is 0 Å². The van der Waals surface area contributed by atoms with Crippen LogP contribution in [0.25, 0.3) is 0 Å². The fraction of sp³-hybridized carbons (Fsp3) is 0.500. The predicted octanol–water partition coefficient (Wildman–Crippen LogP) is 1.36. The molecule has 3 nitrogen and oxygen atoms in total. The van der Waals surface area contributed by atoms with Crippen LogP contribution < -0.4 is 14.6 Å². The van der Waals surface area contributed by atoms with Crippen LogP contribution >= 0.6 is 0 Å². The standard InChI is InChI=1S/C10H15N2O/c1-8(2)12-6-3-4-9-10(12)13-7-5-11-9/h3-4,6,8,11H,5,7H2,1-2H3/q+1. The van der Waals surface area contributed by atoms with Gasteiger partial charge < -0.3 is 10.1 Å². The summed E-state index contributed by atoms with van der Waals surface area (Å²) in [6.45, 7) is 5.95. The van der Waals surface area contributed by atoms with Gasteiger partial charge in [0, 0.05) is 12.6 Å². The molecular formula is C10H15N2O+. The minimum atomic E-state index is 0.440. The molecule has 0 saturated heterocycles. The predicted molar refractivity (Wildman–Crippen MR) is 51.0 cm³/mol. The summed E-state index contributed by atoms with van der Waals surface area (Å²) in [5.74, 6) is 0.962. The monoisotopic (exact) mass is 179 g/mol. The third kappa shape index (κ3) is 1.46. The second-order valence-electron chi connectivity index (χ2n) is 3.50. The summed E-state index contributed by atoms with van der Waals surface area (Å²) in [5.41, 5.74) is 1.10. The van der Waals surface area contributed by atoms with Gasteiger partial charge in [-0.1, -0.05) is 0 Å². The first kappa shape index (κ1) is 8.35. The summed E-state index contributed by atoms with van der Waals surface area (Å²) in [5, 5.41) is 3.31. The van der Waals surface area contributed by atoms with Gasteiger partial charge in [0.25, 0.3) is 0 Å². The van der Waals surface area contributed by atoms with Gasteiger partial charge in [-0.3, -0.25) is 0 Å². The molecule has 0 fully saturated rings. The van der Waals surface area contributed by atoms with Crippen molar-refractivity contribution in [3.05, 3.63) is 18.3 Å². The maximum atomic E-state index is 5.62. The van der Waals surface area contributed by atoms with Crippen LogP contribution in [-0.4, -0.2) is 13.2 Å². The number of nitrogens with one attached hydrogen (secondary N) is 1. The van der Waals surface area contributed by atoms with Gasteiger partial charge in [-0.25, -0.2) is 0 Å². The maximum absolute atomic E-state index is 5.62. The fourth-order valence-electron chi connectivity index (χ4n) is 1.54. The third-order valence-electron chi connectivity index (χ3n) is 2.19. The van der Waals surface area contributed by atoms with Crippen LogP contribution in [0.4, 0.5) is 5.69 Å². The molecule has 0 aromatic carbocycles. The number of rotatable bonds is 1. The van der Waals surface area contributed by atoms with Crippen LogP contribution in [-0.2, 0) is 0 Å². The number of hydrogen-bond donors (Lipinski definition) is 1. The van der Waals surface area contributed by atoms with Crippen LogP contribution in [0.15, 0.2) is 18.3 Å². The number of nitrogens with zero attached hydrogens (tertiary/aromatic N) is 1. The number of hydrogen-bond acceptors (Lipinski definition) is 2. The van der Waals surface area contributed by atoms with E-state index in [0.29, 0.717) is 6.04 Å². The Balaban J connectivity index is 2.46. The van der Waals surface area contributed by atoms with Gasteiger partial charge >= 0.3 is 5.88 Å². The van der Waals surface area contributed by atoms with Gasteiger partial charge in [-0.15, -0.1) is 0 Å². The highest BCUT2D eigenvalue weighted by Crippen LogP contribution is 2.22. The molecule has 2 rings (SSSR count). The molecule has 0 bridgehead atoms. The highest BCUT2D eigenvalue weighted by atomic mass is 16.5. The van der Waals surface area contributed by atoms with E-state index in [1.54, 1.807) is 0 Å². The summed E-state index contributed by atoms with van der Waals surface area (Å²) in [6.07, 6.45) is 2.05. The van der Waals surface area contributed by atoms with Gasteiger partial charge in [0.2, 0.25) is 0 Å². The SMILES string of the molecule is CC(C)[n+]1cccc2c1OCCN2. The van der Waals surface area contributed by atoms with Crippen molar-refractivity contribution in [2.75, 3.05) is 18.5 Å². The highest BCUT2D eigenvalue weighted by Gasteiger charge is 2.22. The van der Waals surface area contributed by atoms with Crippen molar-refractivity contribution >= 4 is 5.69 Å². The average molecular weight is 179 g/mol. The zero-order valence-corrected chi connectivity index (χ0v) is 8.08. The molecule has 1 aromatic heterocycles. The van der Waals surface area contributed by atoms with Crippen molar-refractivity contribution < 1.29 is 9.30 Å². The Hall–Kier alpha value is -1.25. The first-order chi connectivity index (χ1) is 6.29. The summed E-state index contributed by atoms with van der Waals surface area (Å²) in [7, 11) is 0. The van der Waals surface area contributed by atoms with Gasteiger partial charge in [0.05, 0.1) is 0 Å². The molecule has 13 heavy (non-hydrogen) atoms. The Morgan fingerprint density at radius 2 is 2.38 bits per heavy atom. The zero-order valence-electron chi connectivity index (χ0n) is 8.08. The first-order valence-electron chi connectivity index (χ1n) is 4.70. The first-order valence-corrected chi connectivity index (χ1v) is 4.70. The van der Waals surface area contributed by atoms with Crippen molar-refractivity contribution in [1.82, 2.24) is 0 Å². The molecule has 0 saturated carbocycles. The molecule has 0 atom stereocenters. The molecular weight excluding hydrogens is 164 g/mol. The molecule has 1 aromatic rings. The van der Waals surface area contributed by atoms with Crippen molar-refractivity contribution in [1.29, 1.82) is 0 Å². The smallest absolute Gasteiger partial charge is 0.392 e. The van der Waals surface area contributed by atoms with E-state index in [9.17, 15) is 0 Å². The van der Waals surface area contributed by atoms with Gasteiger partial charge in [-0.2, -0.15) is 4.57 Å². The Morgan fingerprint density at radius 3 is 3.15 bits per heavy atom. The topological polar surface area (TPSA) is 25.1 Å².